The minimum Gasteiger partial charge on any atom is -0.337 e. The van der Waals surface area contributed by atoms with E-state index in [4.69, 9.17) is 0 Å². The molecule has 1 aromatic carbocycles. The number of nitrogens with zero attached hydrogens (tertiary/aromatic N) is 3. The highest BCUT2D eigenvalue weighted by molar-refractivity contribution is 6.62. The van der Waals surface area contributed by atoms with Crippen LogP contribution < -0.4 is 0 Å². The number of piperidine rings is 1. The van der Waals surface area contributed by atoms with Crippen LogP contribution in [0.25, 0.3) is 0 Å². The van der Waals surface area contributed by atoms with Gasteiger partial charge in [-0.2, -0.15) is 31.4 Å². The molecule has 4 rings (SSSR count). The zero-order chi connectivity index (χ0) is 26.0. The van der Waals surface area contributed by atoms with Crippen LogP contribution in [0.15, 0.2) is 23.2 Å². The van der Waals surface area contributed by atoms with Crippen LogP contribution in [0.5, 0.6) is 0 Å². The number of hydrogen-bond acceptors (Lipinski definition) is 4. The molecule has 3 heterocycles. The third-order valence-electron chi connectivity index (χ3n) is 5.68. The third-order valence-corrected chi connectivity index (χ3v) is 5.68. The summed E-state index contributed by atoms with van der Waals surface area (Å²) >= 11 is 4.64. The van der Waals surface area contributed by atoms with E-state index in [1.54, 1.807) is 6.21 Å². The van der Waals surface area contributed by atoms with Gasteiger partial charge in [0, 0.05) is 38.3 Å². The predicted molar refractivity (Wildman–Crippen MR) is 116 cm³/mol. The van der Waals surface area contributed by atoms with Crippen LogP contribution >= 0.6 is 11.6 Å². The zero-order valence-electron chi connectivity index (χ0n) is 18.4. The molecule has 13 heteroatoms. The lowest BCUT2D eigenvalue weighted by atomic mass is 9.87. The molecule has 0 atom stereocenters. The third kappa shape index (κ3) is 6.62. The SMILES string of the molecule is CC(=O)Cl.O=C(c1n[nH]c2c1CCN=C2)N1CCC(c2cc(C(F)(F)F)cc(C(F)(F)F)c2)CC1. The second kappa shape index (κ2) is 10.4. The highest BCUT2D eigenvalue weighted by Crippen LogP contribution is 2.39. The van der Waals surface area contributed by atoms with Crippen molar-refractivity contribution in [2.75, 3.05) is 19.6 Å². The van der Waals surface area contributed by atoms with E-state index in [2.05, 4.69) is 26.8 Å². The number of carbonyl (C=O) groups excluding carboxylic acids is 2. The molecule has 190 valence electrons. The second-order valence-electron chi connectivity index (χ2n) is 8.13. The molecular weight excluding hydrogens is 502 g/mol. The number of aliphatic imine (C=N–C) groups is 1. The first-order valence-corrected chi connectivity index (χ1v) is 11.0. The number of likely N-dealkylation sites (tertiary alicyclic amines) is 1. The summed E-state index contributed by atoms with van der Waals surface area (Å²) in [7, 11) is 0. The van der Waals surface area contributed by atoms with Gasteiger partial charge in [0.25, 0.3) is 5.91 Å². The number of aromatic nitrogens is 2. The topological polar surface area (TPSA) is 78.4 Å². The Morgan fingerprint density at radius 2 is 1.57 bits per heavy atom. The lowest BCUT2D eigenvalue weighted by Gasteiger charge is -2.32. The van der Waals surface area contributed by atoms with Crippen molar-refractivity contribution in [1.29, 1.82) is 0 Å². The minimum atomic E-state index is -4.88. The second-order valence-corrected chi connectivity index (χ2v) is 8.66. The first-order chi connectivity index (χ1) is 16.3. The highest BCUT2D eigenvalue weighted by Gasteiger charge is 2.38. The average Bonchev–Trinajstić information content (AvgIpc) is 3.21. The van der Waals surface area contributed by atoms with Gasteiger partial charge in [0.05, 0.1) is 16.8 Å². The van der Waals surface area contributed by atoms with Crippen molar-refractivity contribution in [1.82, 2.24) is 15.1 Å². The van der Waals surface area contributed by atoms with Crippen LogP contribution in [-0.2, 0) is 23.6 Å². The largest absolute Gasteiger partial charge is 0.416 e. The fourth-order valence-electron chi connectivity index (χ4n) is 4.03. The van der Waals surface area contributed by atoms with Crippen molar-refractivity contribution in [2.45, 2.75) is 44.5 Å². The van der Waals surface area contributed by atoms with Crippen LogP contribution in [0.4, 0.5) is 26.3 Å². The molecule has 35 heavy (non-hydrogen) atoms. The Hall–Kier alpha value is -2.89. The van der Waals surface area contributed by atoms with Crippen molar-refractivity contribution < 1.29 is 35.9 Å². The number of halogens is 7. The normalized spacial score (nSPS) is 16.4. The average molecular weight is 523 g/mol. The molecule has 2 aliphatic rings. The van der Waals surface area contributed by atoms with E-state index in [1.807, 2.05) is 0 Å². The van der Waals surface area contributed by atoms with Crippen molar-refractivity contribution in [2.24, 2.45) is 4.99 Å². The predicted octanol–water partition coefficient (Wildman–Crippen LogP) is 5.21. The molecule has 1 N–H and O–H groups in total. The number of hydrogen-bond donors (Lipinski definition) is 1. The molecule has 0 spiro atoms. The molecule has 0 unspecified atom stereocenters. The lowest BCUT2D eigenvalue weighted by molar-refractivity contribution is -0.143. The summed E-state index contributed by atoms with van der Waals surface area (Å²) in [5, 5.41) is 6.47. The summed E-state index contributed by atoms with van der Waals surface area (Å²) in [6, 6.07) is 1.69. The standard InChI is InChI=1S/C20H18F6N4O.C2H3ClO/c21-19(22,23)13-7-12(8-14(9-13)20(24,25)26)11-2-5-30(6-3-11)18(31)17-15-1-4-27-10-16(15)28-29-17;1-2(3)4/h7-11H,1-6H2,(H,28,29);1H3. The van der Waals surface area contributed by atoms with Crippen LogP contribution in [0.3, 0.4) is 0 Å². The van der Waals surface area contributed by atoms with Crippen molar-refractivity contribution in [3.05, 3.63) is 51.8 Å². The van der Waals surface area contributed by atoms with Gasteiger partial charge in [-0.3, -0.25) is 19.7 Å². The van der Waals surface area contributed by atoms with Gasteiger partial charge in [-0.05, 0) is 60.5 Å². The summed E-state index contributed by atoms with van der Waals surface area (Å²) < 4.78 is 78.8. The van der Waals surface area contributed by atoms with Crippen LogP contribution in [0, 0.1) is 0 Å². The quantitative estimate of drug-likeness (QED) is 0.434. The maximum atomic E-state index is 13.1. The molecule has 0 aliphatic carbocycles. The van der Waals surface area contributed by atoms with Gasteiger partial charge in [0.2, 0.25) is 5.24 Å². The molecular formula is C22H21ClF6N4O2. The number of alkyl halides is 6. The molecule has 2 aliphatic heterocycles. The molecule has 1 saturated heterocycles. The fraction of sp³-hybridized carbons (Fsp3) is 0.455. The number of aromatic amines is 1. The lowest BCUT2D eigenvalue weighted by Crippen LogP contribution is -2.38. The van der Waals surface area contributed by atoms with Crippen LogP contribution in [0.2, 0.25) is 0 Å². The van der Waals surface area contributed by atoms with E-state index in [9.17, 15) is 35.9 Å². The summed E-state index contributed by atoms with van der Waals surface area (Å²) in [6.07, 6.45) is -7.05. The molecule has 0 bridgehead atoms. The Labute approximate surface area is 201 Å². The Morgan fingerprint density at radius 1 is 1.03 bits per heavy atom. The van der Waals surface area contributed by atoms with Gasteiger partial charge in [0.15, 0.2) is 5.69 Å². The molecule has 1 fully saturated rings. The first-order valence-electron chi connectivity index (χ1n) is 10.6. The Bertz CT molecular complexity index is 1080. The van der Waals surface area contributed by atoms with Crippen molar-refractivity contribution >= 4 is 29.0 Å². The number of fused-ring (bicyclic) bond motifs is 1. The number of H-pyrrole nitrogens is 1. The van der Waals surface area contributed by atoms with E-state index in [0.29, 0.717) is 18.7 Å². The Balaban J connectivity index is 0.000000795. The summed E-state index contributed by atoms with van der Waals surface area (Å²) in [5.74, 6) is -0.807. The van der Waals surface area contributed by atoms with Crippen LogP contribution in [0.1, 0.15) is 64.1 Å². The van der Waals surface area contributed by atoms with Gasteiger partial charge in [-0.1, -0.05) is 0 Å². The molecule has 1 amide bonds. The molecule has 0 saturated carbocycles. The van der Waals surface area contributed by atoms with Gasteiger partial charge < -0.3 is 4.90 Å². The number of nitrogens with one attached hydrogen (secondary N) is 1. The monoisotopic (exact) mass is 522 g/mol. The van der Waals surface area contributed by atoms with E-state index < -0.39 is 29.4 Å². The van der Waals surface area contributed by atoms with Crippen LogP contribution in [-0.4, -0.2) is 52.1 Å². The smallest absolute Gasteiger partial charge is 0.337 e. The maximum absolute atomic E-state index is 13.1. The van der Waals surface area contributed by atoms with E-state index in [1.165, 1.54) is 11.8 Å². The molecule has 0 radical (unpaired) electrons. The Kier molecular flexibility index (Phi) is 7.93. The highest BCUT2D eigenvalue weighted by atomic mass is 35.5. The van der Waals surface area contributed by atoms with E-state index in [0.717, 1.165) is 17.7 Å². The van der Waals surface area contributed by atoms with E-state index >= 15 is 0 Å². The molecule has 2 aromatic rings. The van der Waals surface area contributed by atoms with Gasteiger partial charge in [0.1, 0.15) is 0 Å². The number of rotatable bonds is 2. The van der Waals surface area contributed by atoms with Gasteiger partial charge in [-0.25, -0.2) is 0 Å². The summed E-state index contributed by atoms with van der Waals surface area (Å²) in [6.45, 7) is 2.28. The Morgan fingerprint density at radius 3 is 2.09 bits per heavy atom. The number of amides is 1. The molecule has 1 aromatic heterocycles. The molecule has 6 nitrogen and oxygen atoms in total. The summed E-state index contributed by atoms with van der Waals surface area (Å²) in [4.78, 5) is 27.7. The zero-order valence-corrected chi connectivity index (χ0v) is 19.2. The van der Waals surface area contributed by atoms with E-state index in [-0.39, 0.29) is 54.4 Å². The number of carbonyl (C=O) groups is 2. The number of benzene rings is 1. The first kappa shape index (κ1) is 26.7. The minimum absolute atomic E-state index is 0.0115. The maximum Gasteiger partial charge on any atom is 0.416 e. The van der Waals surface area contributed by atoms with Crippen molar-refractivity contribution in [3.8, 4) is 0 Å². The van der Waals surface area contributed by atoms with Gasteiger partial charge >= 0.3 is 12.4 Å². The van der Waals surface area contributed by atoms with Crippen molar-refractivity contribution in [3.63, 3.8) is 0 Å². The fourth-order valence-corrected chi connectivity index (χ4v) is 4.03. The van der Waals surface area contributed by atoms with Gasteiger partial charge in [-0.15, -0.1) is 0 Å². The summed E-state index contributed by atoms with van der Waals surface area (Å²) in [5.41, 5.74) is -0.912.